The molecule has 1 aliphatic heterocycles. The molecule has 0 saturated carbocycles. The molecule has 0 radical (unpaired) electrons. The van der Waals surface area contributed by atoms with E-state index in [1.54, 1.807) is 18.2 Å². The van der Waals surface area contributed by atoms with Gasteiger partial charge in [-0.2, -0.15) is 10.5 Å². The lowest BCUT2D eigenvalue weighted by Crippen LogP contribution is -2.40. The molecule has 2 rings (SSSR count). The van der Waals surface area contributed by atoms with Crippen molar-refractivity contribution in [3.05, 3.63) is 29.3 Å². The van der Waals surface area contributed by atoms with Gasteiger partial charge in [-0.1, -0.05) is 0 Å². The molecule has 1 aliphatic rings. The number of nitriles is 2. The normalized spacial score (nSPS) is 21.6. The third-order valence-electron chi connectivity index (χ3n) is 3.52. The molecule has 1 heterocycles. The summed E-state index contributed by atoms with van der Waals surface area (Å²) in [5.41, 5.74) is 1.17. The van der Waals surface area contributed by atoms with Crippen LogP contribution in [0.15, 0.2) is 18.2 Å². The van der Waals surface area contributed by atoms with Gasteiger partial charge >= 0.3 is 0 Å². The zero-order valence-electron chi connectivity index (χ0n) is 11.3. The van der Waals surface area contributed by atoms with Crippen LogP contribution in [-0.2, 0) is 4.79 Å². The molecular formula is C15H16N4O. The third kappa shape index (κ3) is 3.14. The number of benzene rings is 1. The molecule has 2 unspecified atom stereocenters. The summed E-state index contributed by atoms with van der Waals surface area (Å²) in [6.07, 6.45) is 1.63. The molecule has 1 aromatic carbocycles. The lowest BCUT2D eigenvalue weighted by molar-refractivity contribution is -0.120. The Labute approximate surface area is 118 Å². The number of nitrogens with zero attached hydrogens (tertiary/aromatic N) is 2. The quantitative estimate of drug-likeness (QED) is 0.855. The summed E-state index contributed by atoms with van der Waals surface area (Å²) >= 11 is 0. The van der Waals surface area contributed by atoms with Gasteiger partial charge in [0.05, 0.1) is 11.1 Å². The summed E-state index contributed by atoms with van der Waals surface area (Å²) in [5.74, 6) is -0.0284. The molecule has 0 aromatic heterocycles. The molecule has 5 heteroatoms. The summed E-state index contributed by atoms with van der Waals surface area (Å²) in [5, 5.41) is 24.0. The Bertz CT molecular complexity index is 597. The van der Waals surface area contributed by atoms with Gasteiger partial charge in [-0.15, -0.1) is 0 Å². The maximum atomic E-state index is 12.2. The summed E-state index contributed by atoms with van der Waals surface area (Å²) in [6, 6.07) is 9.01. The second-order valence-corrected chi connectivity index (χ2v) is 5.05. The van der Waals surface area contributed by atoms with Crippen molar-refractivity contribution in [2.45, 2.75) is 25.8 Å². The molecule has 20 heavy (non-hydrogen) atoms. The van der Waals surface area contributed by atoms with Gasteiger partial charge in [-0.25, -0.2) is 0 Å². The molecule has 1 aromatic rings. The molecule has 1 fully saturated rings. The Hall–Kier alpha value is -2.37. The van der Waals surface area contributed by atoms with Crippen LogP contribution in [0.5, 0.6) is 0 Å². The van der Waals surface area contributed by atoms with E-state index in [1.165, 1.54) is 0 Å². The van der Waals surface area contributed by atoms with Crippen LogP contribution in [0.2, 0.25) is 0 Å². The van der Waals surface area contributed by atoms with E-state index in [4.69, 9.17) is 10.5 Å². The number of hydrogen-bond acceptors (Lipinski definition) is 4. The molecule has 1 saturated heterocycles. The third-order valence-corrected chi connectivity index (χ3v) is 3.52. The molecule has 0 aliphatic carbocycles. The first-order valence-corrected chi connectivity index (χ1v) is 6.62. The number of rotatable bonds is 2. The van der Waals surface area contributed by atoms with Crippen LogP contribution in [-0.4, -0.2) is 18.5 Å². The Balaban J connectivity index is 2.08. The predicted octanol–water partition coefficient (Wildman–Crippen LogP) is 1.76. The highest BCUT2D eigenvalue weighted by Gasteiger charge is 2.24. The average Bonchev–Trinajstić information content (AvgIpc) is 2.47. The fourth-order valence-electron chi connectivity index (χ4n) is 2.43. The van der Waals surface area contributed by atoms with Gasteiger partial charge in [0.2, 0.25) is 5.91 Å². The summed E-state index contributed by atoms with van der Waals surface area (Å²) < 4.78 is 0. The fraction of sp³-hybridized carbons (Fsp3) is 0.400. The average molecular weight is 268 g/mol. The Morgan fingerprint density at radius 2 is 2.10 bits per heavy atom. The van der Waals surface area contributed by atoms with Crippen molar-refractivity contribution in [1.82, 2.24) is 5.32 Å². The zero-order chi connectivity index (χ0) is 14.5. The molecule has 1 amide bonds. The van der Waals surface area contributed by atoms with Crippen molar-refractivity contribution < 1.29 is 4.79 Å². The molecule has 5 nitrogen and oxygen atoms in total. The van der Waals surface area contributed by atoms with Crippen molar-refractivity contribution in [2.75, 3.05) is 11.9 Å². The molecule has 0 bridgehead atoms. The first-order chi connectivity index (χ1) is 9.63. The number of amides is 1. The number of hydrogen-bond donors (Lipinski definition) is 2. The van der Waals surface area contributed by atoms with Gasteiger partial charge in [0, 0.05) is 17.6 Å². The fourth-order valence-corrected chi connectivity index (χ4v) is 2.43. The minimum absolute atomic E-state index is 0.00701. The van der Waals surface area contributed by atoms with E-state index in [1.807, 2.05) is 12.1 Å². The molecule has 102 valence electrons. The van der Waals surface area contributed by atoms with Crippen molar-refractivity contribution in [3.8, 4) is 12.1 Å². The second kappa shape index (κ2) is 6.18. The van der Waals surface area contributed by atoms with Crippen LogP contribution in [0.1, 0.15) is 30.9 Å². The lowest BCUT2D eigenvalue weighted by Gasteiger charge is -2.27. The number of carbonyl (C=O) groups excluding carboxylic acids is 1. The minimum Gasteiger partial charge on any atom is -0.326 e. The highest BCUT2D eigenvalue weighted by atomic mass is 16.1. The standard InChI is InChI=1S/C15H16N4O/c1-10-6-11(4-5-18-10)15(20)19-14-3-2-12(8-16)13(7-14)9-17/h2-3,7,10-11,18H,4-6H2,1H3,(H,19,20). The van der Waals surface area contributed by atoms with Crippen LogP contribution in [0.25, 0.3) is 0 Å². The number of carbonyl (C=O) groups is 1. The molecule has 2 N–H and O–H groups in total. The highest BCUT2D eigenvalue weighted by Crippen LogP contribution is 2.20. The first kappa shape index (κ1) is 14.0. The molecular weight excluding hydrogens is 252 g/mol. The second-order valence-electron chi connectivity index (χ2n) is 5.05. The largest absolute Gasteiger partial charge is 0.326 e. The summed E-state index contributed by atoms with van der Waals surface area (Å²) in [6.45, 7) is 2.91. The van der Waals surface area contributed by atoms with Gasteiger partial charge < -0.3 is 10.6 Å². The van der Waals surface area contributed by atoms with Crippen LogP contribution < -0.4 is 10.6 Å². The summed E-state index contributed by atoms with van der Waals surface area (Å²) in [4.78, 5) is 12.2. The SMILES string of the molecule is CC1CC(C(=O)Nc2ccc(C#N)c(C#N)c2)CCN1. The van der Waals surface area contributed by atoms with Gasteiger partial charge in [-0.05, 0) is 44.5 Å². The zero-order valence-corrected chi connectivity index (χ0v) is 11.3. The number of anilines is 1. The van der Waals surface area contributed by atoms with Crippen LogP contribution in [0.3, 0.4) is 0 Å². The van der Waals surface area contributed by atoms with Gasteiger partial charge in [0.25, 0.3) is 0 Å². The van der Waals surface area contributed by atoms with Crippen molar-refractivity contribution in [2.24, 2.45) is 5.92 Å². The number of nitrogens with one attached hydrogen (secondary N) is 2. The summed E-state index contributed by atoms with van der Waals surface area (Å²) in [7, 11) is 0. The van der Waals surface area contributed by atoms with Gasteiger partial charge in [0.1, 0.15) is 12.1 Å². The van der Waals surface area contributed by atoms with Crippen LogP contribution in [0, 0.1) is 28.6 Å². The van der Waals surface area contributed by atoms with E-state index in [9.17, 15) is 4.79 Å². The van der Waals surface area contributed by atoms with E-state index in [2.05, 4.69) is 17.6 Å². The Morgan fingerprint density at radius 1 is 1.35 bits per heavy atom. The molecule has 0 spiro atoms. The van der Waals surface area contributed by atoms with Gasteiger partial charge in [0.15, 0.2) is 0 Å². The monoisotopic (exact) mass is 268 g/mol. The van der Waals surface area contributed by atoms with E-state index >= 15 is 0 Å². The topological polar surface area (TPSA) is 88.7 Å². The first-order valence-electron chi connectivity index (χ1n) is 6.62. The maximum absolute atomic E-state index is 12.2. The molecule has 2 atom stereocenters. The van der Waals surface area contributed by atoms with E-state index in [-0.39, 0.29) is 17.4 Å². The highest BCUT2D eigenvalue weighted by molar-refractivity contribution is 5.92. The van der Waals surface area contributed by atoms with Crippen LogP contribution in [0.4, 0.5) is 5.69 Å². The van der Waals surface area contributed by atoms with E-state index in [0.717, 1.165) is 19.4 Å². The van der Waals surface area contributed by atoms with Crippen LogP contribution >= 0.6 is 0 Å². The number of piperidine rings is 1. The van der Waals surface area contributed by atoms with Crippen molar-refractivity contribution in [3.63, 3.8) is 0 Å². The van der Waals surface area contributed by atoms with Gasteiger partial charge in [-0.3, -0.25) is 4.79 Å². The Morgan fingerprint density at radius 3 is 2.75 bits per heavy atom. The minimum atomic E-state index is -0.0213. The van der Waals surface area contributed by atoms with Crippen molar-refractivity contribution in [1.29, 1.82) is 10.5 Å². The lowest BCUT2D eigenvalue weighted by atomic mass is 9.92. The predicted molar refractivity (Wildman–Crippen MR) is 74.7 cm³/mol. The maximum Gasteiger partial charge on any atom is 0.227 e. The van der Waals surface area contributed by atoms with Crippen molar-refractivity contribution >= 4 is 11.6 Å². The van der Waals surface area contributed by atoms with E-state index < -0.39 is 0 Å². The van der Waals surface area contributed by atoms with E-state index in [0.29, 0.717) is 17.3 Å². The Kier molecular flexibility index (Phi) is 4.34. The smallest absolute Gasteiger partial charge is 0.227 e.